The largest absolute Gasteiger partial charge is 0.489 e. The fraction of sp³-hybridized carbons (Fsp3) is 0.667. The Labute approximate surface area is 146 Å². The Morgan fingerprint density at radius 3 is 1.80 bits per heavy atom. The third-order valence-corrected chi connectivity index (χ3v) is 4.23. The van der Waals surface area contributed by atoms with Crippen LogP contribution in [0, 0.1) is 0 Å². The Kier molecular flexibility index (Phi) is 8.19. The maximum absolute atomic E-state index is 12.4. The molecule has 0 spiro atoms. The lowest BCUT2D eigenvalue weighted by Crippen LogP contribution is -2.25. The second-order valence-corrected chi connectivity index (χ2v) is 6.06. The molecule has 0 bridgehead atoms. The van der Waals surface area contributed by atoms with Crippen molar-refractivity contribution in [3.05, 3.63) is 22.7 Å². The van der Waals surface area contributed by atoms with Crippen LogP contribution in [0.2, 0.25) is 0 Å². The predicted molar refractivity (Wildman–Crippen MR) is 86.7 cm³/mol. The SMILES string of the molecule is COC1=C(OC)C(=O)C(CCCCCCCCC(F)(F)F)=C(C)C1=O. The van der Waals surface area contributed by atoms with Gasteiger partial charge >= 0.3 is 6.18 Å². The number of alkyl halides is 3. The molecule has 1 rings (SSSR count). The van der Waals surface area contributed by atoms with Crippen molar-refractivity contribution in [1.82, 2.24) is 0 Å². The van der Waals surface area contributed by atoms with Crippen LogP contribution in [0.5, 0.6) is 0 Å². The van der Waals surface area contributed by atoms with Crippen molar-refractivity contribution in [2.45, 2.75) is 64.5 Å². The van der Waals surface area contributed by atoms with Gasteiger partial charge in [-0.25, -0.2) is 0 Å². The van der Waals surface area contributed by atoms with E-state index >= 15 is 0 Å². The summed E-state index contributed by atoms with van der Waals surface area (Å²) >= 11 is 0. The Balaban J connectivity index is 2.41. The third kappa shape index (κ3) is 6.21. The Bertz CT molecular complexity index is 559. The van der Waals surface area contributed by atoms with Crippen LogP contribution >= 0.6 is 0 Å². The van der Waals surface area contributed by atoms with Gasteiger partial charge < -0.3 is 9.47 Å². The van der Waals surface area contributed by atoms with E-state index in [1.807, 2.05) is 0 Å². The lowest BCUT2D eigenvalue weighted by atomic mass is 9.89. The molecule has 0 fully saturated rings. The van der Waals surface area contributed by atoms with Crippen molar-refractivity contribution in [3.63, 3.8) is 0 Å². The van der Waals surface area contributed by atoms with Gasteiger partial charge in [0.25, 0.3) is 0 Å². The highest BCUT2D eigenvalue weighted by Gasteiger charge is 2.34. The van der Waals surface area contributed by atoms with Crippen LogP contribution < -0.4 is 0 Å². The molecule has 4 nitrogen and oxygen atoms in total. The lowest BCUT2D eigenvalue weighted by Gasteiger charge is -2.20. The van der Waals surface area contributed by atoms with E-state index < -0.39 is 12.6 Å². The first-order valence-electron chi connectivity index (χ1n) is 8.41. The zero-order valence-electron chi connectivity index (χ0n) is 14.9. The number of ether oxygens (including phenoxy) is 2. The van der Waals surface area contributed by atoms with Crippen molar-refractivity contribution in [2.75, 3.05) is 14.2 Å². The van der Waals surface area contributed by atoms with Gasteiger partial charge in [0.2, 0.25) is 23.1 Å². The molecule has 25 heavy (non-hydrogen) atoms. The molecule has 0 aliphatic heterocycles. The van der Waals surface area contributed by atoms with Gasteiger partial charge in [-0.3, -0.25) is 9.59 Å². The molecule has 0 aromatic carbocycles. The number of ketones is 2. The van der Waals surface area contributed by atoms with E-state index in [-0.39, 0.29) is 29.5 Å². The van der Waals surface area contributed by atoms with Gasteiger partial charge in [0.1, 0.15) is 0 Å². The van der Waals surface area contributed by atoms with E-state index in [2.05, 4.69) is 0 Å². The molecule has 0 radical (unpaired) electrons. The normalized spacial score (nSPS) is 15.9. The first kappa shape index (κ1) is 21.3. The molecule has 0 heterocycles. The van der Waals surface area contributed by atoms with Crippen molar-refractivity contribution in [2.24, 2.45) is 0 Å². The number of unbranched alkanes of at least 4 members (excludes halogenated alkanes) is 5. The molecule has 0 atom stereocenters. The number of carbonyl (C=O) groups is 2. The highest BCUT2D eigenvalue weighted by molar-refractivity contribution is 6.23. The van der Waals surface area contributed by atoms with Crippen LogP contribution in [0.1, 0.15) is 58.3 Å². The first-order chi connectivity index (χ1) is 11.7. The summed E-state index contributed by atoms with van der Waals surface area (Å²) in [6.45, 7) is 1.60. The summed E-state index contributed by atoms with van der Waals surface area (Å²) in [6, 6.07) is 0. The van der Waals surface area contributed by atoms with Crippen LogP contribution in [-0.2, 0) is 19.1 Å². The topological polar surface area (TPSA) is 52.6 Å². The van der Waals surface area contributed by atoms with Gasteiger partial charge in [0.15, 0.2) is 0 Å². The molecule has 0 aromatic rings. The number of methoxy groups -OCH3 is 2. The number of rotatable bonds is 10. The lowest BCUT2D eigenvalue weighted by molar-refractivity contribution is -0.135. The van der Waals surface area contributed by atoms with E-state index in [1.165, 1.54) is 14.2 Å². The van der Waals surface area contributed by atoms with E-state index in [1.54, 1.807) is 6.92 Å². The monoisotopic (exact) mass is 362 g/mol. The third-order valence-electron chi connectivity index (χ3n) is 4.23. The molecule has 0 amide bonds. The number of halogens is 3. The maximum atomic E-state index is 12.4. The minimum Gasteiger partial charge on any atom is -0.489 e. The van der Waals surface area contributed by atoms with Crippen molar-refractivity contribution >= 4 is 11.6 Å². The van der Waals surface area contributed by atoms with Crippen LogP contribution in [0.25, 0.3) is 0 Å². The average Bonchev–Trinajstić information content (AvgIpc) is 2.54. The molecule has 1 aliphatic carbocycles. The molecule has 1 aliphatic rings. The molecule has 7 heteroatoms. The number of allylic oxidation sites excluding steroid dienone is 2. The summed E-state index contributed by atoms with van der Waals surface area (Å²) in [4.78, 5) is 24.6. The Hall–Kier alpha value is -1.79. The number of hydrogen-bond donors (Lipinski definition) is 0. The molecule has 0 N–H and O–H groups in total. The second-order valence-electron chi connectivity index (χ2n) is 6.06. The summed E-state index contributed by atoms with van der Waals surface area (Å²) in [6.07, 6.45) is -0.620. The second kappa shape index (κ2) is 9.63. The van der Waals surface area contributed by atoms with Crippen LogP contribution in [0.15, 0.2) is 22.7 Å². The van der Waals surface area contributed by atoms with Crippen molar-refractivity contribution in [3.8, 4) is 0 Å². The molecule has 0 aromatic heterocycles. The predicted octanol–water partition coefficient (Wildman–Crippen LogP) is 4.64. The molecule has 0 saturated carbocycles. The summed E-state index contributed by atoms with van der Waals surface area (Å²) < 4.78 is 46.1. The quantitative estimate of drug-likeness (QED) is 0.420. The van der Waals surface area contributed by atoms with Gasteiger partial charge in [-0.05, 0) is 26.2 Å². The standard InChI is InChI=1S/C18H25F3O4/c1-12-13(15(23)17(25-3)16(24-2)14(12)22)10-8-6-4-5-7-9-11-18(19,20)21/h4-11H2,1-3H3. The number of Topliss-reactive ketones (excluding diaryl/α,β-unsaturated/α-hetero) is 2. The van der Waals surface area contributed by atoms with Crippen LogP contribution in [0.4, 0.5) is 13.2 Å². The number of carbonyl (C=O) groups excluding carboxylic acids is 2. The zero-order chi connectivity index (χ0) is 19.0. The maximum Gasteiger partial charge on any atom is 0.389 e. The highest BCUT2D eigenvalue weighted by atomic mass is 19.4. The Morgan fingerprint density at radius 2 is 1.28 bits per heavy atom. The smallest absolute Gasteiger partial charge is 0.389 e. The van der Waals surface area contributed by atoms with E-state index in [4.69, 9.17) is 9.47 Å². The average molecular weight is 362 g/mol. The summed E-state index contributed by atoms with van der Waals surface area (Å²) in [5.74, 6) is -0.818. The fourth-order valence-corrected chi connectivity index (χ4v) is 2.83. The van der Waals surface area contributed by atoms with E-state index in [0.717, 1.165) is 19.3 Å². The van der Waals surface area contributed by atoms with E-state index in [9.17, 15) is 22.8 Å². The van der Waals surface area contributed by atoms with Gasteiger partial charge in [0, 0.05) is 17.6 Å². The van der Waals surface area contributed by atoms with Gasteiger partial charge in [0.05, 0.1) is 14.2 Å². The fourth-order valence-electron chi connectivity index (χ4n) is 2.83. The molecular formula is C18H25F3O4. The minimum atomic E-state index is -4.08. The summed E-state index contributed by atoms with van der Waals surface area (Å²) in [5, 5.41) is 0. The minimum absolute atomic E-state index is 0.0692. The summed E-state index contributed by atoms with van der Waals surface area (Å²) in [5.41, 5.74) is 0.799. The first-order valence-corrected chi connectivity index (χ1v) is 8.41. The van der Waals surface area contributed by atoms with Crippen molar-refractivity contribution in [1.29, 1.82) is 0 Å². The van der Waals surface area contributed by atoms with E-state index in [0.29, 0.717) is 30.4 Å². The number of hydrogen-bond acceptors (Lipinski definition) is 4. The molecule has 142 valence electrons. The molecule has 0 saturated heterocycles. The highest BCUT2D eigenvalue weighted by Crippen LogP contribution is 2.29. The van der Waals surface area contributed by atoms with Crippen LogP contribution in [-0.4, -0.2) is 32.0 Å². The van der Waals surface area contributed by atoms with Gasteiger partial charge in [-0.1, -0.05) is 25.7 Å². The van der Waals surface area contributed by atoms with Gasteiger partial charge in [-0.15, -0.1) is 0 Å². The molecule has 0 unspecified atom stereocenters. The van der Waals surface area contributed by atoms with Gasteiger partial charge in [-0.2, -0.15) is 13.2 Å². The molecular weight excluding hydrogens is 337 g/mol. The van der Waals surface area contributed by atoms with Crippen molar-refractivity contribution < 1.29 is 32.2 Å². The van der Waals surface area contributed by atoms with Crippen LogP contribution in [0.3, 0.4) is 0 Å². The summed E-state index contributed by atoms with van der Waals surface area (Å²) in [7, 11) is 2.63. The Morgan fingerprint density at radius 1 is 0.800 bits per heavy atom. The zero-order valence-corrected chi connectivity index (χ0v) is 14.9.